The molecule has 362 valence electrons. The van der Waals surface area contributed by atoms with Crippen molar-refractivity contribution < 1.29 is 19.1 Å². The molecule has 1 fully saturated rings. The highest BCUT2D eigenvalue weighted by Gasteiger charge is 2.32. The Bertz CT molecular complexity index is 2680. The highest BCUT2D eigenvalue weighted by molar-refractivity contribution is 5.95. The fourth-order valence-electron chi connectivity index (χ4n) is 9.54. The maximum Gasteiger partial charge on any atom is 0.415 e. The van der Waals surface area contributed by atoms with Crippen LogP contribution in [0, 0.1) is 0 Å². The van der Waals surface area contributed by atoms with Gasteiger partial charge in [-0.05, 0) is 136 Å². The maximum absolute atomic E-state index is 13.8. The Hall–Kier alpha value is -6.36. The number of ketones is 1. The zero-order valence-electron chi connectivity index (χ0n) is 41.3. The number of nitrogens with one attached hydrogen (secondary N) is 1. The number of amides is 2. The fourth-order valence-corrected chi connectivity index (χ4v) is 9.54. The molecular weight excluding hydrogens is 859 g/mol. The third kappa shape index (κ3) is 13.7. The average Bonchev–Trinajstić information content (AvgIpc) is 3.70. The molecule has 0 radical (unpaired) electrons. The number of benzene rings is 3. The molecule has 10 heteroatoms. The summed E-state index contributed by atoms with van der Waals surface area (Å²) < 4.78 is 8.05. The number of allylic oxidation sites excluding steroid dienone is 12. The van der Waals surface area contributed by atoms with Gasteiger partial charge >= 0.3 is 6.09 Å². The topological polar surface area (TPSA) is 104 Å². The van der Waals surface area contributed by atoms with Gasteiger partial charge in [-0.1, -0.05) is 105 Å². The first-order chi connectivity index (χ1) is 33.6. The molecule has 0 saturated carbocycles. The predicted octanol–water partition coefficient (Wildman–Crippen LogP) is 11.8. The van der Waals surface area contributed by atoms with E-state index in [0.29, 0.717) is 77.1 Å². The summed E-state index contributed by atoms with van der Waals surface area (Å²) in [7, 11) is 4.00. The summed E-state index contributed by atoms with van der Waals surface area (Å²) in [6.07, 6.45) is 34.4. The van der Waals surface area contributed by atoms with Crippen LogP contribution >= 0.6 is 0 Å². The molecule has 1 saturated heterocycles. The van der Waals surface area contributed by atoms with Gasteiger partial charge in [-0.3, -0.25) is 19.3 Å². The van der Waals surface area contributed by atoms with Gasteiger partial charge in [-0.15, -0.1) is 0 Å². The van der Waals surface area contributed by atoms with Crippen molar-refractivity contribution in [3.63, 3.8) is 0 Å². The zero-order valence-corrected chi connectivity index (χ0v) is 41.3. The summed E-state index contributed by atoms with van der Waals surface area (Å²) >= 11 is 0. The van der Waals surface area contributed by atoms with Crippen molar-refractivity contribution in [2.45, 2.75) is 110 Å². The number of fused-ring (bicyclic) bond motifs is 5. The Morgan fingerprint density at radius 2 is 1.39 bits per heavy atom. The molecule has 0 spiro atoms. The number of pyridine rings is 1. The second-order valence-electron chi connectivity index (χ2n) is 18.6. The molecular formula is C59H71N5O5. The molecule has 1 unspecified atom stereocenters. The van der Waals surface area contributed by atoms with Crippen LogP contribution in [-0.4, -0.2) is 77.3 Å². The summed E-state index contributed by atoms with van der Waals surface area (Å²) in [5, 5.41) is 5.03. The van der Waals surface area contributed by atoms with E-state index in [4.69, 9.17) is 4.74 Å². The van der Waals surface area contributed by atoms with Crippen LogP contribution in [0.2, 0.25) is 0 Å². The quantitative estimate of drug-likeness (QED) is 0.0731. The van der Waals surface area contributed by atoms with Gasteiger partial charge in [0.2, 0.25) is 5.91 Å². The monoisotopic (exact) mass is 930 g/mol. The standard InChI is InChI=1S/C59H71N5O5/c1-5-7-8-9-10-11-12-13-14-15-16-17-18-19-20-21-22-23-24-25-57(66)60-47-29-26-44(27-30-47)41-62-34-36-63(37-35-62)59(68)69-56-33-28-45-38-51-46(39-50(45)53(56)43-61(3)4)42-64-54(51)40-52-48(6-2)55(65)32-31-49(52)58(64)67/h7-8,10-11,13-14,16-17,19-20,22-23,26-30,33,38-40,48H,5-6,9,12,15,18,21,24-25,31-32,34-37,41-43H2,1-4H3,(H,60,66)/b8-7-,11-10-,14-13-,17-16-,20-19-,23-22-. The lowest BCUT2D eigenvalue weighted by atomic mass is 9.80. The molecule has 7 rings (SSSR count). The minimum Gasteiger partial charge on any atom is -0.410 e. The Labute approximate surface area is 409 Å². The number of Topliss-reactive ketones (excluding diaryl/α,β-unsaturated/α-hetero) is 1. The first-order valence-electron chi connectivity index (χ1n) is 25.1. The Morgan fingerprint density at radius 1 is 0.754 bits per heavy atom. The van der Waals surface area contributed by atoms with Crippen LogP contribution in [0.15, 0.2) is 132 Å². The van der Waals surface area contributed by atoms with E-state index in [1.54, 1.807) is 4.90 Å². The molecule has 3 heterocycles. The number of aromatic nitrogens is 1. The molecule has 1 atom stereocenters. The van der Waals surface area contributed by atoms with Crippen molar-refractivity contribution in [1.29, 1.82) is 0 Å². The lowest BCUT2D eigenvalue weighted by Crippen LogP contribution is -2.49. The summed E-state index contributed by atoms with van der Waals surface area (Å²) in [5.41, 5.74) is 7.49. The molecule has 1 aliphatic carbocycles. The van der Waals surface area contributed by atoms with Crippen LogP contribution in [0.1, 0.15) is 112 Å². The van der Waals surface area contributed by atoms with E-state index < -0.39 is 0 Å². The van der Waals surface area contributed by atoms with Crippen LogP contribution in [0.25, 0.3) is 22.0 Å². The fraction of sp³-hybridized carbons (Fsp3) is 0.390. The average molecular weight is 930 g/mol. The lowest BCUT2D eigenvalue weighted by molar-refractivity contribution is -0.121. The number of ether oxygens (including phenoxy) is 1. The normalized spacial score (nSPS) is 16.4. The van der Waals surface area contributed by atoms with Crippen molar-refractivity contribution in [2.24, 2.45) is 0 Å². The zero-order chi connectivity index (χ0) is 48.5. The van der Waals surface area contributed by atoms with Gasteiger partial charge in [-0.2, -0.15) is 0 Å². The number of hydrogen-bond acceptors (Lipinski definition) is 7. The number of nitrogens with zero attached hydrogens (tertiary/aromatic N) is 4. The number of carbonyl (C=O) groups is 3. The van der Waals surface area contributed by atoms with Crippen molar-refractivity contribution in [1.82, 2.24) is 19.3 Å². The Morgan fingerprint density at radius 3 is 2.01 bits per heavy atom. The minimum atomic E-state index is -0.361. The SMILES string of the molecule is CC/C=C\C/C=C\C/C=C\C/C=C\C/C=C\C/C=C\CCC(=O)Nc1ccc(CN2CCN(C(=O)Oc3ccc4cc5c(cc4c3CN(C)C)Cn3c-5cc4c(c3=O)CCC(=O)C4CC)CC2)cc1. The molecule has 10 nitrogen and oxygen atoms in total. The molecule has 0 bridgehead atoms. The predicted molar refractivity (Wildman–Crippen MR) is 282 cm³/mol. The molecule has 2 amide bonds. The molecule has 4 aromatic rings. The number of hydrogen-bond donors (Lipinski definition) is 1. The first kappa shape index (κ1) is 50.5. The summed E-state index contributed by atoms with van der Waals surface area (Å²) in [4.78, 5) is 59.1. The van der Waals surface area contributed by atoms with Crippen LogP contribution < -0.4 is 15.6 Å². The van der Waals surface area contributed by atoms with Crippen LogP contribution in [-0.2, 0) is 35.6 Å². The summed E-state index contributed by atoms with van der Waals surface area (Å²) in [6.45, 7) is 8.49. The van der Waals surface area contributed by atoms with Gasteiger partial charge in [0, 0.05) is 80.4 Å². The number of carbonyl (C=O) groups excluding carboxylic acids is 3. The van der Waals surface area contributed by atoms with E-state index in [1.807, 2.05) is 49.9 Å². The summed E-state index contributed by atoms with van der Waals surface area (Å²) in [5.74, 6) is 0.535. The van der Waals surface area contributed by atoms with E-state index >= 15 is 0 Å². The van der Waals surface area contributed by atoms with Crippen molar-refractivity contribution in [3.8, 4) is 17.0 Å². The Kier molecular flexibility index (Phi) is 18.5. The molecule has 3 aliphatic rings. The van der Waals surface area contributed by atoms with E-state index in [9.17, 15) is 19.2 Å². The van der Waals surface area contributed by atoms with E-state index in [2.05, 4.69) is 125 Å². The maximum atomic E-state index is 13.8. The molecule has 3 aromatic carbocycles. The van der Waals surface area contributed by atoms with Gasteiger partial charge in [0.25, 0.3) is 5.56 Å². The lowest BCUT2D eigenvalue weighted by Gasteiger charge is -2.34. The third-order valence-corrected chi connectivity index (χ3v) is 13.2. The highest BCUT2D eigenvalue weighted by Crippen LogP contribution is 2.40. The summed E-state index contributed by atoms with van der Waals surface area (Å²) in [6, 6.07) is 18.3. The van der Waals surface area contributed by atoms with E-state index in [0.717, 1.165) is 101 Å². The molecule has 1 aromatic heterocycles. The van der Waals surface area contributed by atoms with E-state index in [1.165, 1.54) is 0 Å². The van der Waals surface area contributed by atoms with Gasteiger partial charge in [0.1, 0.15) is 11.5 Å². The van der Waals surface area contributed by atoms with Crippen LogP contribution in [0.5, 0.6) is 5.75 Å². The van der Waals surface area contributed by atoms with Gasteiger partial charge in [0.15, 0.2) is 0 Å². The second-order valence-corrected chi connectivity index (χ2v) is 18.6. The van der Waals surface area contributed by atoms with Gasteiger partial charge < -0.3 is 24.4 Å². The largest absolute Gasteiger partial charge is 0.415 e. The van der Waals surface area contributed by atoms with Gasteiger partial charge in [-0.25, -0.2) is 4.79 Å². The highest BCUT2D eigenvalue weighted by atomic mass is 16.6. The molecule has 2 aliphatic heterocycles. The van der Waals surface area contributed by atoms with Crippen LogP contribution in [0.4, 0.5) is 10.5 Å². The van der Waals surface area contributed by atoms with Gasteiger partial charge in [0.05, 0.1) is 12.2 Å². The minimum absolute atomic E-state index is 0.00125. The first-order valence-corrected chi connectivity index (χ1v) is 25.1. The molecule has 69 heavy (non-hydrogen) atoms. The van der Waals surface area contributed by atoms with Crippen molar-refractivity contribution in [2.75, 3.05) is 45.6 Å². The number of anilines is 1. The third-order valence-electron chi connectivity index (χ3n) is 13.2. The van der Waals surface area contributed by atoms with Crippen molar-refractivity contribution >= 4 is 34.2 Å². The second kappa shape index (κ2) is 25.3. The van der Waals surface area contributed by atoms with Crippen molar-refractivity contribution in [3.05, 3.63) is 166 Å². The smallest absolute Gasteiger partial charge is 0.410 e. The van der Waals surface area contributed by atoms with Crippen LogP contribution in [0.3, 0.4) is 0 Å². The number of piperazine rings is 1. The van der Waals surface area contributed by atoms with E-state index in [-0.39, 0.29) is 29.3 Å². The molecule has 1 N–H and O–H groups in total. The Balaban J connectivity index is 0.830. The number of rotatable bonds is 21.